The molecule has 0 bridgehead atoms. The zero-order valence-corrected chi connectivity index (χ0v) is 15.9. The summed E-state index contributed by atoms with van der Waals surface area (Å²) >= 11 is 0. The second-order valence-electron chi connectivity index (χ2n) is 5.81. The molecule has 0 atom stereocenters. The number of aryl methyl sites for hydroxylation is 1. The fourth-order valence-electron chi connectivity index (χ4n) is 2.53. The molecule has 2 rings (SSSR count). The Kier molecular flexibility index (Phi) is 5.85. The predicted octanol–water partition coefficient (Wildman–Crippen LogP) is 3.30. The van der Waals surface area contributed by atoms with Crippen LogP contribution in [0.1, 0.15) is 29.8 Å². The van der Waals surface area contributed by atoms with E-state index in [2.05, 4.69) is 0 Å². The Bertz CT molecular complexity index is 841. The van der Waals surface area contributed by atoms with Gasteiger partial charge in [-0.2, -0.15) is 0 Å². The van der Waals surface area contributed by atoms with Crippen molar-refractivity contribution in [2.24, 2.45) is 0 Å². The van der Waals surface area contributed by atoms with E-state index in [0.717, 1.165) is 5.56 Å². The summed E-state index contributed by atoms with van der Waals surface area (Å²) in [5.41, 5.74) is 2.01. The van der Waals surface area contributed by atoms with E-state index in [1.165, 1.54) is 23.5 Å². The van der Waals surface area contributed by atoms with Gasteiger partial charge in [-0.05, 0) is 51.1 Å². The molecule has 0 N–H and O–H groups in total. The quantitative estimate of drug-likeness (QED) is 0.794. The second kappa shape index (κ2) is 7.70. The van der Waals surface area contributed by atoms with Gasteiger partial charge < -0.3 is 4.90 Å². The van der Waals surface area contributed by atoms with E-state index in [1.807, 2.05) is 32.9 Å². The molecular formula is C19H24N2O3S. The van der Waals surface area contributed by atoms with Crippen molar-refractivity contribution in [3.05, 3.63) is 59.7 Å². The van der Waals surface area contributed by atoms with Crippen molar-refractivity contribution in [3.8, 4) is 0 Å². The van der Waals surface area contributed by atoms with Crippen LogP contribution in [0.25, 0.3) is 0 Å². The van der Waals surface area contributed by atoms with Crippen LogP contribution in [0.15, 0.2) is 53.4 Å². The lowest BCUT2D eigenvalue weighted by atomic mass is 10.2. The van der Waals surface area contributed by atoms with Gasteiger partial charge in [0.15, 0.2) is 0 Å². The van der Waals surface area contributed by atoms with Crippen molar-refractivity contribution in [3.63, 3.8) is 0 Å². The van der Waals surface area contributed by atoms with E-state index in [0.29, 0.717) is 24.3 Å². The maximum atomic E-state index is 12.9. The molecule has 0 saturated heterocycles. The van der Waals surface area contributed by atoms with Crippen molar-refractivity contribution >= 4 is 21.6 Å². The third-order valence-corrected chi connectivity index (χ3v) is 5.97. The molecule has 0 unspecified atom stereocenters. The Morgan fingerprint density at radius 2 is 1.60 bits per heavy atom. The Balaban J connectivity index is 2.38. The summed E-state index contributed by atoms with van der Waals surface area (Å²) in [7, 11) is -2.22. The van der Waals surface area contributed by atoms with Gasteiger partial charge in [-0.3, -0.25) is 9.10 Å². The number of benzene rings is 2. The van der Waals surface area contributed by atoms with E-state index in [-0.39, 0.29) is 10.8 Å². The molecule has 2 aromatic carbocycles. The van der Waals surface area contributed by atoms with Crippen LogP contribution in [0.4, 0.5) is 5.69 Å². The number of nitrogens with zero attached hydrogens (tertiary/aromatic N) is 2. The van der Waals surface area contributed by atoms with Crippen LogP contribution in [0.2, 0.25) is 0 Å². The molecule has 2 aromatic rings. The summed E-state index contributed by atoms with van der Waals surface area (Å²) in [6, 6.07) is 13.5. The van der Waals surface area contributed by atoms with Gasteiger partial charge in [0, 0.05) is 25.7 Å². The Morgan fingerprint density at radius 1 is 1.00 bits per heavy atom. The highest BCUT2D eigenvalue weighted by atomic mass is 32.2. The van der Waals surface area contributed by atoms with Crippen molar-refractivity contribution in [2.45, 2.75) is 25.7 Å². The number of carbonyl (C=O) groups is 1. The summed E-state index contributed by atoms with van der Waals surface area (Å²) < 4.78 is 27.0. The zero-order valence-electron chi connectivity index (χ0n) is 15.1. The number of rotatable bonds is 6. The van der Waals surface area contributed by atoms with E-state index < -0.39 is 10.0 Å². The molecule has 1 amide bonds. The van der Waals surface area contributed by atoms with Gasteiger partial charge in [0.25, 0.3) is 15.9 Å². The molecule has 134 valence electrons. The SMILES string of the molecule is CCN(CC)C(=O)c1cccc(S(=O)(=O)N(C)c2ccc(C)cc2)c1. The topological polar surface area (TPSA) is 57.7 Å². The van der Waals surface area contributed by atoms with Crippen LogP contribution in [-0.4, -0.2) is 39.4 Å². The van der Waals surface area contributed by atoms with Crippen LogP contribution in [0, 0.1) is 6.92 Å². The maximum Gasteiger partial charge on any atom is 0.264 e. The van der Waals surface area contributed by atoms with Crippen molar-refractivity contribution in [1.29, 1.82) is 0 Å². The van der Waals surface area contributed by atoms with Gasteiger partial charge >= 0.3 is 0 Å². The number of sulfonamides is 1. The van der Waals surface area contributed by atoms with Gasteiger partial charge in [-0.1, -0.05) is 23.8 Å². The summed E-state index contributed by atoms with van der Waals surface area (Å²) in [5.74, 6) is -0.167. The van der Waals surface area contributed by atoms with Crippen molar-refractivity contribution in [2.75, 3.05) is 24.4 Å². The number of amides is 1. The largest absolute Gasteiger partial charge is 0.339 e. The lowest BCUT2D eigenvalue weighted by molar-refractivity contribution is 0.0772. The van der Waals surface area contributed by atoms with E-state index >= 15 is 0 Å². The highest BCUT2D eigenvalue weighted by Crippen LogP contribution is 2.23. The standard InChI is InChI=1S/C19H24N2O3S/c1-5-21(6-2)19(22)16-8-7-9-18(14-16)25(23,24)20(4)17-12-10-15(3)11-13-17/h7-14H,5-6H2,1-4H3. The minimum absolute atomic E-state index is 0.105. The molecule has 0 aliphatic rings. The van der Waals surface area contributed by atoms with Crippen LogP contribution < -0.4 is 4.31 Å². The zero-order chi connectivity index (χ0) is 18.6. The van der Waals surface area contributed by atoms with E-state index in [9.17, 15) is 13.2 Å². The first kappa shape index (κ1) is 19.0. The highest BCUT2D eigenvalue weighted by molar-refractivity contribution is 7.92. The molecule has 6 heteroatoms. The second-order valence-corrected chi connectivity index (χ2v) is 7.78. The third-order valence-electron chi connectivity index (χ3n) is 4.19. The monoisotopic (exact) mass is 360 g/mol. The average molecular weight is 360 g/mol. The highest BCUT2D eigenvalue weighted by Gasteiger charge is 2.23. The fraction of sp³-hybridized carbons (Fsp3) is 0.316. The molecule has 25 heavy (non-hydrogen) atoms. The molecule has 5 nitrogen and oxygen atoms in total. The Labute approximate surface area is 149 Å². The number of hydrogen-bond acceptors (Lipinski definition) is 3. The van der Waals surface area contributed by atoms with Crippen molar-refractivity contribution < 1.29 is 13.2 Å². The van der Waals surface area contributed by atoms with Gasteiger partial charge in [0.2, 0.25) is 0 Å². The molecule has 0 aromatic heterocycles. The van der Waals surface area contributed by atoms with Gasteiger partial charge in [0.05, 0.1) is 10.6 Å². The molecule has 0 aliphatic carbocycles. The average Bonchev–Trinajstić information content (AvgIpc) is 2.62. The Morgan fingerprint density at radius 3 is 2.16 bits per heavy atom. The first-order valence-electron chi connectivity index (χ1n) is 8.26. The summed E-state index contributed by atoms with van der Waals surface area (Å²) in [6.07, 6.45) is 0. The summed E-state index contributed by atoms with van der Waals surface area (Å²) in [4.78, 5) is 14.2. The summed E-state index contributed by atoms with van der Waals surface area (Å²) in [6.45, 7) is 6.89. The van der Waals surface area contributed by atoms with Crippen LogP contribution in [0.5, 0.6) is 0 Å². The minimum atomic E-state index is -3.74. The summed E-state index contributed by atoms with van der Waals surface area (Å²) in [5, 5.41) is 0. The van der Waals surface area contributed by atoms with Crippen LogP contribution >= 0.6 is 0 Å². The van der Waals surface area contributed by atoms with Crippen LogP contribution in [-0.2, 0) is 10.0 Å². The first-order valence-corrected chi connectivity index (χ1v) is 9.70. The molecule has 0 fully saturated rings. The first-order chi connectivity index (χ1) is 11.8. The van der Waals surface area contributed by atoms with Crippen molar-refractivity contribution in [1.82, 2.24) is 4.90 Å². The molecule has 0 spiro atoms. The van der Waals surface area contributed by atoms with Gasteiger partial charge in [-0.25, -0.2) is 8.42 Å². The maximum absolute atomic E-state index is 12.9. The van der Waals surface area contributed by atoms with Crippen LogP contribution in [0.3, 0.4) is 0 Å². The number of carbonyl (C=O) groups excluding carboxylic acids is 1. The lowest BCUT2D eigenvalue weighted by Crippen LogP contribution is -2.31. The lowest BCUT2D eigenvalue weighted by Gasteiger charge is -2.21. The molecule has 0 aliphatic heterocycles. The molecule has 0 heterocycles. The predicted molar refractivity (Wildman–Crippen MR) is 100 cm³/mol. The van der Waals surface area contributed by atoms with Gasteiger partial charge in [0.1, 0.15) is 0 Å². The smallest absolute Gasteiger partial charge is 0.264 e. The molecular weight excluding hydrogens is 336 g/mol. The number of anilines is 1. The number of hydrogen-bond donors (Lipinski definition) is 0. The third kappa shape index (κ3) is 4.02. The molecule has 0 saturated carbocycles. The van der Waals surface area contributed by atoms with E-state index in [1.54, 1.807) is 29.2 Å². The molecule has 0 radical (unpaired) electrons. The normalized spacial score (nSPS) is 11.2. The minimum Gasteiger partial charge on any atom is -0.339 e. The Hall–Kier alpha value is -2.34. The van der Waals surface area contributed by atoms with E-state index in [4.69, 9.17) is 0 Å². The van der Waals surface area contributed by atoms with Gasteiger partial charge in [-0.15, -0.1) is 0 Å². The fourth-order valence-corrected chi connectivity index (χ4v) is 3.78.